The molecular formula is C10H8F3NO. The maximum absolute atomic E-state index is 12.3. The van der Waals surface area contributed by atoms with Crippen molar-refractivity contribution in [1.29, 1.82) is 0 Å². The number of alkyl halides is 3. The van der Waals surface area contributed by atoms with Crippen LogP contribution in [0.5, 0.6) is 5.75 Å². The molecule has 0 aromatic heterocycles. The predicted octanol–water partition coefficient (Wildman–Crippen LogP) is 1.72. The third kappa shape index (κ3) is 2.89. The standard InChI is InChI=1S/C10H8F3NO/c11-10(12,13)8-6-7(2-1-5-14)3-4-9(8)15/h3-4,6,15H,5,14H2. The van der Waals surface area contributed by atoms with E-state index in [0.717, 1.165) is 12.1 Å². The Morgan fingerprint density at radius 3 is 2.53 bits per heavy atom. The number of phenols is 1. The minimum atomic E-state index is -4.58. The molecule has 3 N–H and O–H groups in total. The van der Waals surface area contributed by atoms with Crippen molar-refractivity contribution in [1.82, 2.24) is 0 Å². The van der Waals surface area contributed by atoms with Crippen molar-refractivity contribution in [3.63, 3.8) is 0 Å². The molecule has 0 saturated carbocycles. The predicted molar refractivity (Wildman–Crippen MR) is 49.0 cm³/mol. The molecule has 1 rings (SSSR count). The molecule has 15 heavy (non-hydrogen) atoms. The summed E-state index contributed by atoms with van der Waals surface area (Å²) in [5, 5.41) is 9.00. The van der Waals surface area contributed by atoms with E-state index < -0.39 is 17.5 Å². The van der Waals surface area contributed by atoms with Crippen LogP contribution in [0.25, 0.3) is 0 Å². The van der Waals surface area contributed by atoms with Crippen LogP contribution in [0.15, 0.2) is 18.2 Å². The topological polar surface area (TPSA) is 46.2 Å². The minimum Gasteiger partial charge on any atom is -0.507 e. The normalized spacial score (nSPS) is 10.7. The lowest BCUT2D eigenvalue weighted by Gasteiger charge is -2.08. The van der Waals surface area contributed by atoms with E-state index in [0.29, 0.717) is 0 Å². The van der Waals surface area contributed by atoms with Gasteiger partial charge in [0.25, 0.3) is 0 Å². The first-order valence-corrected chi connectivity index (χ1v) is 4.04. The summed E-state index contributed by atoms with van der Waals surface area (Å²) in [5.41, 5.74) is 4.17. The van der Waals surface area contributed by atoms with E-state index in [9.17, 15) is 13.2 Å². The van der Waals surface area contributed by atoms with E-state index in [4.69, 9.17) is 10.8 Å². The Morgan fingerprint density at radius 1 is 1.33 bits per heavy atom. The lowest BCUT2D eigenvalue weighted by atomic mass is 10.1. The van der Waals surface area contributed by atoms with E-state index in [-0.39, 0.29) is 12.1 Å². The summed E-state index contributed by atoms with van der Waals surface area (Å²) >= 11 is 0. The van der Waals surface area contributed by atoms with E-state index in [1.54, 1.807) is 0 Å². The molecule has 1 aromatic carbocycles. The number of rotatable bonds is 0. The zero-order chi connectivity index (χ0) is 11.5. The van der Waals surface area contributed by atoms with Gasteiger partial charge in [-0.25, -0.2) is 0 Å². The Kier molecular flexibility index (Phi) is 3.22. The Morgan fingerprint density at radius 2 is 2.00 bits per heavy atom. The van der Waals surface area contributed by atoms with Crippen molar-refractivity contribution in [2.75, 3.05) is 6.54 Å². The molecule has 0 saturated heterocycles. The SMILES string of the molecule is NCC#Cc1ccc(O)c(C(F)(F)F)c1. The van der Waals surface area contributed by atoms with Gasteiger partial charge in [-0.15, -0.1) is 0 Å². The molecule has 5 heteroatoms. The summed E-state index contributed by atoms with van der Waals surface area (Å²) in [4.78, 5) is 0. The molecular weight excluding hydrogens is 207 g/mol. The third-order valence-corrected chi connectivity index (χ3v) is 1.64. The Balaban J connectivity index is 3.17. The number of phenolic OH excluding ortho intramolecular Hbond substituents is 1. The highest BCUT2D eigenvalue weighted by molar-refractivity contribution is 5.44. The first-order chi connectivity index (χ1) is 6.95. The summed E-state index contributed by atoms with van der Waals surface area (Å²) < 4.78 is 37.0. The van der Waals surface area contributed by atoms with Crippen LogP contribution in [0.1, 0.15) is 11.1 Å². The first-order valence-electron chi connectivity index (χ1n) is 4.04. The number of halogens is 3. The van der Waals surface area contributed by atoms with Crippen molar-refractivity contribution in [3.8, 4) is 17.6 Å². The van der Waals surface area contributed by atoms with E-state index >= 15 is 0 Å². The molecule has 0 aliphatic carbocycles. The highest BCUT2D eigenvalue weighted by Crippen LogP contribution is 2.35. The number of nitrogens with two attached hydrogens (primary N) is 1. The van der Waals surface area contributed by atoms with Gasteiger partial charge in [-0.1, -0.05) is 11.8 Å². The molecule has 0 radical (unpaired) electrons. The quantitative estimate of drug-likeness (QED) is 0.647. The molecule has 0 amide bonds. The second kappa shape index (κ2) is 4.24. The van der Waals surface area contributed by atoms with Crippen LogP contribution in [0.3, 0.4) is 0 Å². The van der Waals surface area contributed by atoms with Crippen molar-refractivity contribution in [2.45, 2.75) is 6.18 Å². The molecule has 0 heterocycles. The van der Waals surface area contributed by atoms with Gasteiger partial charge in [0, 0.05) is 5.56 Å². The highest BCUT2D eigenvalue weighted by Gasteiger charge is 2.33. The van der Waals surface area contributed by atoms with Crippen LogP contribution in [0, 0.1) is 11.8 Å². The van der Waals surface area contributed by atoms with Gasteiger partial charge in [0.05, 0.1) is 12.1 Å². The lowest BCUT2D eigenvalue weighted by molar-refractivity contribution is -0.138. The van der Waals surface area contributed by atoms with Crippen LogP contribution < -0.4 is 5.73 Å². The highest BCUT2D eigenvalue weighted by atomic mass is 19.4. The van der Waals surface area contributed by atoms with E-state index in [1.165, 1.54) is 6.07 Å². The molecule has 1 aromatic rings. The van der Waals surface area contributed by atoms with Crippen molar-refractivity contribution in [2.24, 2.45) is 5.73 Å². The maximum atomic E-state index is 12.3. The molecule has 0 bridgehead atoms. The summed E-state index contributed by atoms with van der Waals surface area (Å²) in [6.07, 6.45) is -4.58. The maximum Gasteiger partial charge on any atom is 0.419 e. The summed E-state index contributed by atoms with van der Waals surface area (Å²) in [6.45, 7) is 0.0717. The van der Waals surface area contributed by atoms with Crippen LogP contribution in [-0.4, -0.2) is 11.7 Å². The smallest absolute Gasteiger partial charge is 0.419 e. The summed E-state index contributed by atoms with van der Waals surface area (Å²) in [5.74, 6) is 4.08. The van der Waals surface area contributed by atoms with Gasteiger partial charge in [-0.05, 0) is 18.2 Å². The second-order valence-electron chi connectivity index (χ2n) is 2.74. The Labute approximate surface area is 84.5 Å². The number of hydrogen-bond donors (Lipinski definition) is 2. The molecule has 0 spiro atoms. The fourth-order valence-electron chi connectivity index (χ4n) is 0.994. The molecule has 0 fully saturated rings. The number of aromatic hydroxyl groups is 1. The van der Waals surface area contributed by atoms with Gasteiger partial charge >= 0.3 is 6.18 Å². The number of benzene rings is 1. The zero-order valence-electron chi connectivity index (χ0n) is 7.60. The van der Waals surface area contributed by atoms with E-state index in [2.05, 4.69) is 11.8 Å². The Hall–Kier alpha value is -1.67. The van der Waals surface area contributed by atoms with Gasteiger partial charge < -0.3 is 10.8 Å². The second-order valence-corrected chi connectivity index (χ2v) is 2.74. The van der Waals surface area contributed by atoms with Crippen LogP contribution in [-0.2, 0) is 6.18 Å². The van der Waals surface area contributed by atoms with Gasteiger partial charge in [0.1, 0.15) is 5.75 Å². The zero-order valence-corrected chi connectivity index (χ0v) is 7.60. The van der Waals surface area contributed by atoms with Crippen LogP contribution >= 0.6 is 0 Å². The average Bonchev–Trinajstić information content (AvgIpc) is 2.15. The molecule has 0 aliphatic rings. The molecule has 0 unspecified atom stereocenters. The summed E-state index contributed by atoms with van der Waals surface area (Å²) in [7, 11) is 0. The minimum absolute atomic E-state index is 0.0717. The summed E-state index contributed by atoms with van der Waals surface area (Å²) in [6, 6.07) is 3.05. The third-order valence-electron chi connectivity index (χ3n) is 1.64. The monoisotopic (exact) mass is 215 g/mol. The average molecular weight is 215 g/mol. The largest absolute Gasteiger partial charge is 0.507 e. The van der Waals surface area contributed by atoms with Crippen molar-refractivity contribution in [3.05, 3.63) is 29.3 Å². The van der Waals surface area contributed by atoms with Gasteiger partial charge in [-0.3, -0.25) is 0 Å². The number of hydrogen-bond acceptors (Lipinski definition) is 2. The Bertz CT molecular complexity index is 415. The van der Waals surface area contributed by atoms with Crippen molar-refractivity contribution < 1.29 is 18.3 Å². The molecule has 2 nitrogen and oxygen atoms in total. The van der Waals surface area contributed by atoms with Crippen LogP contribution in [0.4, 0.5) is 13.2 Å². The van der Waals surface area contributed by atoms with Gasteiger partial charge in [0.2, 0.25) is 0 Å². The van der Waals surface area contributed by atoms with Gasteiger partial charge in [0.15, 0.2) is 0 Å². The molecule has 80 valence electrons. The van der Waals surface area contributed by atoms with Crippen LogP contribution in [0.2, 0.25) is 0 Å². The molecule has 0 aliphatic heterocycles. The fourth-order valence-corrected chi connectivity index (χ4v) is 0.994. The van der Waals surface area contributed by atoms with Crippen molar-refractivity contribution >= 4 is 0 Å². The molecule has 0 atom stereocenters. The first kappa shape index (κ1) is 11.4. The lowest BCUT2D eigenvalue weighted by Crippen LogP contribution is -2.05. The van der Waals surface area contributed by atoms with E-state index in [1.807, 2.05) is 0 Å². The van der Waals surface area contributed by atoms with Gasteiger partial charge in [-0.2, -0.15) is 13.2 Å². The fraction of sp³-hybridized carbons (Fsp3) is 0.200.